The number of carbonyl (C=O) groups excluding carboxylic acids is 1. The highest BCUT2D eigenvalue weighted by Crippen LogP contribution is 2.47. The van der Waals surface area contributed by atoms with Crippen LogP contribution in [0.15, 0.2) is 66.7 Å². The molecule has 3 atom stereocenters. The van der Waals surface area contributed by atoms with Gasteiger partial charge in [0.2, 0.25) is 0 Å². The third-order valence-corrected chi connectivity index (χ3v) is 7.15. The minimum atomic E-state index is -4.10. The fourth-order valence-corrected chi connectivity index (χ4v) is 5.02. The molecule has 3 aromatic rings. The van der Waals surface area contributed by atoms with Crippen molar-refractivity contribution < 1.29 is 32.9 Å². The van der Waals surface area contributed by atoms with Crippen molar-refractivity contribution in [2.45, 2.75) is 40.7 Å². The molecule has 0 heterocycles. The molecule has 0 aliphatic carbocycles. The summed E-state index contributed by atoms with van der Waals surface area (Å²) in [6.07, 6.45) is 0. The van der Waals surface area contributed by atoms with Crippen LogP contribution in [-0.2, 0) is 18.9 Å². The number of fused-ring (bicyclic) bond motifs is 1. The highest BCUT2D eigenvalue weighted by atomic mass is 31.2. The van der Waals surface area contributed by atoms with Crippen molar-refractivity contribution in [1.82, 2.24) is 5.09 Å². The summed E-state index contributed by atoms with van der Waals surface area (Å²) in [5.74, 6) is -0.523. The highest BCUT2D eigenvalue weighted by molar-refractivity contribution is 7.52. The first-order chi connectivity index (χ1) is 17.4. The number of rotatable bonds is 11. The van der Waals surface area contributed by atoms with Crippen LogP contribution in [0.25, 0.3) is 10.8 Å². The van der Waals surface area contributed by atoms with Crippen LogP contribution in [0.5, 0.6) is 11.5 Å². The van der Waals surface area contributed by atoms with Crippen molar-refractivity contribution in [1.29, 1.82) is 0 Å². The molecule has 37 heavy (non-hydrogen) atoms. The average molecular weight is 530 g/mol. The van der Waals surface area contributed by atoms with Crippen LogP contribution in [0.1, 0.15) is 34.6 Å². The molecule has 0 saturated heterocycles. The van der Waals surface area contributed by atoms with Gasteiger partial charge in [-0.25, -0.2) is 9.40 Å². The van der Waals surface area contributed by atoms with Gasteiger partial charge < -0.3 is 13.8 Å². The van der Waals surface area contributed by atoms with E-state index in [0.717, 1.165) is 10.8 Å². The summed E-state index contributed by atoms with van der Waals surface area (Å²) >= 11 is 0. The van der Waals surface area contributed by atoms with Crippen molar-refractivity contribution in [2.24, 2.45) is 11.3 Å². The van der Waals surface area contributed by atoms with E-state index in [1.54, 1.807) is 26.0 Å². The van der Waals surface area contributed by atoms with E-state index < -0.39 is 25.7 Å². The molecule has 0 saturated carbocycles. The lowest BCUT2D eigenvalue weighted by molar-refractivity contribution is -0.736. The summed E-state index contributed by atoms with van der Waals surface area (Å²) in [5, 5.41) is 4.54. The van der Waals surface area contributed by atoms with Crippen molar-refractivity contribution in [2.75, 3.05) is 13.7 Å². The Hall–Kier alpha value is -3.42. The summed E-state index contributed by atoms with van der Waals surface area (Å²) in [5.41, 5.74) is 0.0486. The van der Waals surface area contributed by atoms with Crippen molar-refractivity contribution in [3.8, 4) is 11.5 Å². The molecule has 0 aliphatic rings. The summed E-state index contributed by atoms with van der Waals surface area (Å²) in [6, 6.07) is 18.2. The van der Waals surface area contributed by atoms with Gasteiger partial charge in [-0.2, -0.15) is 5.09 Å². The largest absolute Gasteiger partial charge is 0.513 e. The lowest BCUT2D eigenvalue weighted by atomic mass is 9.98. The van der Waals surface area contributed by atoms with Gasteiger partial charge in [0.15, 0.2) is 7.11 Å². The Labute approximate surface area is 217 Å². The molecule has 0 amide bonds. The van der Waals surface area contributed by atoms with Crippen LogP contribution in [0.4, 0.5) is 5.69 Å². The van der Waals surface area contributed by atoms with Crippen molar-refractivity contribution in [3.63, 3.8) is 0 Å². The Balaban J connectivity index is 1.88. The third kappa shape index (κ3) is 7.78. The molecule has 3 unspecified atom stereocenters. The van der Waals surface area contributed by atoms with Gasteiger partial charge in [0.25, 0.3) is 4.92 Å². The number of benzene rings is 3. The van der Waals surface area contributed by atoms with E-state index >= 15 is 0 Å². The maximum Gasteiger partial charge on any atom is 0.513 e. The van der Waals surface area contributed by atoms with E-state index in [4.69, 9.17) is 13.8 Å². The SMILES string of the molecule is CO[N+](=O)c1ccc(OP(=O)(NC(C)C(C)C(=O)OCC(C)(C)C)Oc2cccc3ccccc23)cc1. The number of carbonyl (C=O) groups is 1. The Morgan fingerprint density at radius 3 is 2.27 bits per heavy atom. The molecular weight excluding hydrogens is 495 g/mol. The fraction of sp³-hybridized carbons (Fsp3) is 0.370. The van der Waals surface area contributed by atoms with Gasteiger partial charge in [-0.1, -0.05) is 64.1 Å². The molecule has 3 aromatic carbocycles. The Morgan fingerprint density at radius 1 is 0.973 bits per heavy atom. The number of hydrogen-bond acceptors (Lipinski definition) is 7. The lowest BCUT2D eigenvalue weighted by Crippen LogP contribution is -2.38. The van der Waals surface area contributed by atoms with Crippen LogP contribution >= 0.6 is 7.75 Å². The molecule has 0 spiro atoms. The van der Waals surface area contributed by atoms with Gasteiger partial charge in [-0.05, 0) is 35.9 Å². The first-order valence-electron chi connectivity index (χ1n) is 11.9. The predicted molar refractivity (Wildman–Crippen MR) is 142 cm³/mol. The van der Waals surface area contributed by atoms with E-state index in [1.165, 1.54) is 31.4 Å². The molecule has 9 nitrogen and oxygen atoms in total. The summed E-state index contributed by atoms with van der Waals surface area (Å²) in [6.45, 7) is 9.56. The molecule has 0 fully saturated rings. The molecule has 3 rings (SSSR count). The smallest absolute Gasteiger partial charge is 0.465 e. The topological polar surface area (TPSA) is 103 Å². The second kappa shape index (κ2) is 11.8. The lowest BCUT2D eigenvalue weighted by Gasteiger charge is -2.27. The number of ether oxygens (including phenoxy) is 1. The number of nitrogens with one attached hydrogen (secondary N) is 1. The van der Waals surface area contributed by atoms with E-state index in [2.05, 4.69) is 9.92 Å². The van der Waals surface area contributed by atoms with Crippen LogP contribution in [0.2, 0.25) is 0 Å². The van der Waals surface area contributed by atoms with Gasteiger partial charge in [-0.15, -0.1) is 0 Å². The summed E-state index contributed by atoms with van der Waals surface area (Å²) < 4.78 is 31.4. The zero-order valence-corrected chi connectivity index (χ0v) is 22.9. The van der Waals surface area contributed by atoms with E-state index in [1.807, 2.05) is 51.1 Å². The molecule has 0 bridgehead atoms. The van der Waals surface area contributed by atoms with Gasteiger partial charge >= 0.3 is 19.4 Å². The van der Waals surface area contributed by atoms with Gasteiger partial charge in [-0.3, -0.25) is 4.79 Å². The van der Waals surface area contributed by atoms with Gasteiger partial charge in [0.1, 0.15) is 11.5 Å². The van der Waals surface area contributed by atoms with Gasteiger partial charge in [0.05, 0.1) is 17.4 Å². The third-order valence-electron chi connectivity index (χ3n) is 5.54. The summed E-state index contributed by atoms with van der Waals surface area (Å²) in [7, 11) is -2.84. The molecule has 0 aromatic heterocycles. The van der Waals surface area contributed by atoms with Gasteiger partial charge in [0, 0.05) is 23.6 Å². The molecule has 0 aliphatic heterocycles. The zero-order chi connectivity index (χ0) is 27.2. The quantitative estimate of drug-likeness (QED) is 0.169. The van der Waals surface area contributed by atoms with Crippen LogP contribution in [0.3, 0.4) is 0 Å². The second-order valence-electron chi connectivity index (χ2n) is 9.97. The number of esters is 1. The van der Waals surface area contributed by atoms with Crippen LogP contribution in [0, 0.1) is 16.2 Å². The minimum Gasteiger partial charge on any atom is -0.465 e. The molecule has 198 valence electrons. The Morgan fingerprint density at radius 2 is 1.62 bits per heavy atom. The van der Waals surface area contributed by atoms with E-state index in [0.29, 0.717) is 10.7 Å². The van der Waals surface area contributed by atoms with Crippen molar-refractivity contribution >= 4 is 30.2 Å². The first kappa shape index (κ1) is 28.2. The molecular formula is C27H34N2O7P+. The normalized spacial score (nSPS) is 14.8. The molecule has 1 N–H and O–H groups in total. The Bertz CT molecular complexity index is 1280. The van der Waals surface area contributed by atoms with Crippen molar-refractivity contribution in [3.05, 3.63) is 71.6 Å². The predicted octanol–water partition coefficient (Wildman–Crippen LogP) is 6.58. The number of nitrogens with zero attached hydrogens (tertiary/aromatic N) is 1. The first-order valence-corrected chi connectivity index (χ1v) is 13.5. The minimum absolute atomic E-state index is 0.184. The molecule has 0 radical (unpaired) electrons. The standard InChI is InChI=1S/C27H34N2O7P/c1-19(26(30)34-18-27(3,4)5)20(2)28-37(32,35-23-16-14-22(15-17-23)29(31)33-6)36-25-13-9-11-21-10-7-8-12-24(21)25/h7-17,19-20H,18H2,1-6H3,(H,28,32)/q+1. The van der Waals surface area contributed by atoms with E-state index in [-0.39, 0.29) is 23.5 Å². The van der Waals surface area contributed by atoms with E-state index in [9.17, 15) is 14.3 Å². The van der Waals surface area contributed by atoms with Crippen LogP contribution in [-0.4, -0.2) is 30.7 Å². The fourth-order valence-electron chi connectivity index (χ4n) is 3.33. The maximum absolute atomic E-state index is 14.1. The van der Waals surface area contributed by atoms with Crippen LogP contribution < -0.4 is 14.1 Å². The maximum atomic E-state index is 14.1. The highest BCUT2D eigenvalue weighted by Gasteiger charge is 2.35. The average Bonchev–Trinajstić information content (AvgIpc) is 2.86. The number of hydrogen-bond donors (Lipinski definition) is 1. The zero-order valence-electron chi connectivity index (χ0n) is 22.0. The summed E-state index contributed by atoms with van der Waals surface area (Å²) in [4.78, 5) is 29.3. The Kier molecular flexibility index (Phi) is 8.94. The monoisotopic (exact) mass is 529 g/mol. The molecule has 10 heteroatoms. The second-order valence-corrected chi connectivity index (χ2v) is 11.6.